The van der Waals surface area contributed by atoms with Crippen LogP contribution in [0.15, 0.2) is 255 Å². The van der Waals surface area contributed by atoms with E-state index in [0.29, 0.717) is 5.82 Å². The van der Waals surface area contributed by atoms with E-state index in [4.69, 9.17) is 9.97 Å². The van der Waals surface area contributed by atoms with E-state index in [-0.39, 0.29) is 5.41 Å². The number of hydrogen-bond donors (Lipinski definition) is 0. The second kappa shape index (κ2) is 19.2. The quantitative estimate of drug-likeness (QED) is 0.121. The van der Waals surface area contributed by atoms with Crippen molar-refractivity contribution < 1.29 is 0 Å². The van der Waals surface area contributed by atoms with Crippen LogP contribution in [0.2, 0.25) is 0 Å². The molecule has 0 N–H and O–H groups in total. The van der Waals surface area contributed by atoms with Gasteiger partial charge in [-0.05, 0) is 104 Å². The molecule has 0 saturated heterocycles. The number of fused-ring (bicyclic) bond motifs is 3. The molecule has 0 spiro atoms. The minimum atomic E-state index is -0.0143. The molecule has 3 nitrogen and oxygen atoms in total. The lowest BCUT2D eigenvalue weighted by molar-refractivity contribution is 0.590. The Morgan fingerprint density at radius 1 is 0.394 bits per heavy atom. The Hall–Kier alpha value is -8.92. The third-order valence-corrected chi connectivity index (χ3v) is 13.4. The minimum Gasteiger partial charge on any atom is -0.308 e. The van der Waals surface area contributed by atoms with Gasteiger partial charge in [0.05, 0.1) is 28.1 Å². The lowest BCUT2D eigenvalue weighted by Gasteiger charge is -2.23. The molecular formula is C68H53N3. The van der Waals surface area contributed by atoms with Gasteiger partial charge in [-0.2, -0.15) is 0 Å². The molecule has 0 aliphatic rings. The smallest absolute Gasteiger partial charge is 0.160 e. The Labute approximate surface area is 417 Å². The monoisotopic (exact) mass is 911 g/mol. The second-order valence-electron chi connectivity index (χ2n) is 19.1. The Kier molecular flexibility index (Phi) is 12.1. The molecular weight excluding hydrogens is 859 g/mol. The van der Waals surface area contributed by atoms with E-state index in [1.54, 1.807) is 6.08 Å². The summed E-state index contributed by atoms with van der Waals surface area (Å²) < 4.78 is 2.51. The lowest BCUT2D eigenvalue weighted by atomic mass is 9.85. The standard InChI is InChI=1S/C68H53N3/c1-5-6-7-20-29-58-46-63(70-67(69-58)53-32-30-50(31-33-53)47-21-12-8-13-22-47)56-44-59(51-27-18-11-19-28-51)66(60(45-56)52-34-38-57(39-35-52)68(2,3)4)71-64-40-36-54(48-23-14-9-15-24-48)42-61(64)62-43-55(37-41-65(62)71)49-25-16-10-17-26-49/h5-46H,1H2,2-4H3/b7-6-,29-20+. The summed E-state index contributed by atoms with van der Waals surface area (Å²) in [5.41, 5.74) is 19.6. The van der Waals surface area contributed by atoms with Gasteiger partial charge in [-0.3, -0.25) is 0 Å². The minimum absolute atomic E-state index is 0.0143. The molecule has 0 atom stereocenters. The molecule has 0 unspecified atom stereocenters. The molecule has 0 amide bonds. The summed E-state index contributed by atoms with van der Waals surface area (Å²) in [6, 6.07) is 81.1. The number of rotatable bonds is 11. The van der Waals surface area contributed by atoms with E-state index in [0.717, 1.165) is 67.1 Å². The highest BCUT2D eigenvalue weighted by Crippen LogP contribution is 2.45. The molecule has 2 aromatic heterocycles. The first-order valence-electron chi connectivity index (χ1n) is 24.3. The number of nitrogens with zero attached hydrogens (tertiary/aromatic N) is 3. The third-order valence-electron chi connectivity index (χ3n) is 13.4. The van der Waals surface area contributed by atoms with Crippen molar-refractivity contribution in [2.45, 2.75) is 26.2 Å². The molecule has 0 fully saturated rings. The van der Waals surface area contributed by atoms with Crippen LogP contribution >= 0.6 is 0 Å². The summed E-state index contributed by atoms with van der Waals surface area (Å²) in [7, 11) is 0. The Balaban J connectivity index is 1.20. The molecule has 0 bridgehead atoms. The van der Waals surface area contributed by atoms with E-state index < -0.39 is 0 Å². The fourth-order valence-electron chi connectivity index (χ4n) is 9.68. The van der Waals surface area contributed by atoms with Gasteiger partial charge in [0.1, 0.15) is 0 Å². The first kappa shape index (κ1) is 44.6. The van der Waals surface area contributed by atoms with Crippen LogP contribution in [0.5, 0.6) is 0 Å². The maximum absolute atomic E-state index is 5.42. The molecule has 0 saturated carbocycles. The molecule has 2 heterocycles. The predicted molar refractivity (Wildman–Crippen MR) is 301 cm³/mol. The van der Waals surface area contributed by atoms with Crippen LogP contribution in [0.1, 0.15) is 32.0 Å². The van der Waals surface area contributed by atoms with Crippen molar-refractivity contribution in [1.82, 2.24) is 14.5 Å². The lowest BCUT2D eigenvalue weighted by Crippen LogP contribution is -2.10. The third kappa shape index (κ3) is 9.10. The summed E-state index contributed by atoms with van der Waals surface area (Å²) >= 11 is 0. The Morgan fingerprint density at radius 3 is 1.34 bits per heavy atom. The largest absolute Gasteiger partial charge is 0.308 e. The average Bonchev–Trinajstić information content (AvgIpc) is 3.75. The van der Waals surface area contributed by atoms with Crippen LogP contribution in [-0.2, 0) is 5.41 Å². The number of allylic oxidation sites excluding steroid dienone is 4. The van der Waals surface area contributed by atoms with Gasteiger partial charge in [-0.1, -0.05) is 234 Å². The van der Waals surface area contributed by atoms with Gasteiger partial charge in [0.15, 0.2) is 5.82 Å². The van der Waals surface area contributed by atoms with Gasteiger partial charge in [0.2, 0.25) is 0 Å². The zero-order valence-electron chi connectivity index (χ0n) is 40.3. The van der Waals surface area contributed by atoms with Gasteiger partial charge in [-0.15, -0.1) is 0 Å². The zero-order chi connectivity index (χ0) is 48.3. The molecule has 0 radical (unpaired) electrons. The fourth-order valence-corrected chi connectivity index (χ4v) is 9.68. The van der Waals surface area contributed by atoms with E-state index >= 15 is 0 Å². The highest BCUT2D eigenvalue weighted by Gasteiger charge is 2.24. The van der Waals surface area contributed by atoms with Gasteiger partial charge >= 0.3 is 0 Å². The van der Waals surface area contributed by atoms with E-state index in [9.17, 15) is 0 Å². The number of benzene rings is 9. The highest BCUT2D eigenvalue weighted by atomic mass is 15.0. The Morgan fingerprint density at radius 2 is 0.831 bits per heavy atom. The Bertz CT molecular complexity index is 3650. The summed E-state index contributed by atoms with van der Waals surface area (Å²) in [5, 5.41) is 2.38. The van der Waals surface area contributed by atoms with E-state index in [1.165, 1.54) is 44.2 Å². The first-order valence-corrected chi connectivity index (χ1v) is 24.3. The predicted octanol–water partition coefficient (Wildman–Crippen LogP) is 18.3. The van der Waals surface area contributed by atoms with Crippen molar-refractivity contribution in [3.8, 4) is 84.0 Å². The summed E-state index contributed by atoms with van der Waals surface area (Å²) in [6.07, 6.45) is 9.72. The van der Waals surface area contributed by atoms with Crippen LogP contribution in [-0.4, -0.2) is 14.5 Å². The normalized spacial score (nSPS) is 11.8. The fraction of sp³-hybridized carbons (Fsp3) is 0.0588. The highest BCUT2D eigenvalue weighted by molar-refractivity contribution is 6.13. The molecule has 0 aliphatic carbocycles. The van der Waals surface area contributed by atoms with Crippen molar-refractivity contribution in [1.29, 1.82) is 0 Å². The summed E-state index contributed by atoms with van der Waals surface area (Å²) in [6.45, 7) is 10.7. The van der Waals surface area contributed by atoms with Crippen molar-refractivity contribution in [3.63, 3.8) is 0 Å². The van der Waals surface area contributed by atoms with Gasteiger partial charge in [-0.25, -0.2) is 9.97 Å². The van der Waals surface area contributed by atoms with Crippen molar-refractivity contribution in [3.05, 3.63) is 267 Å². The van der Waals surface area contributed by atoms with Crippen molar-refractivity contribution >= 4 is 27.9 Å². The maximum Gasteiger partial charge on any atom is 0.160 e. The van der Waals surface area contributed by atoms with Crippen LogP contribution in [0.3, 0.4) is 0 Å². The second-order valence-corrected chi connectivity index (χ2v) is 19.1. The molecule has 9 aromatic carbocycles. The van der Waals surface area contributed by atoms with Crippen LogP contribution in [0.25, 0.3) is 112 Å². The maximum atomic E-state index is 5.42. The molecule has 11 rings (SSSR count). The summed E-state index contributed by atoms with van der Waals surface area (Å²) in [5.74, 6) is 0.654. The van der Waals surface area contributed by atoms with Gasteiger partial charge in [0.25, 0.3) is 0 Å². The van der Waals surface area contributed by atoms with Crippen LogP contribution in [0, 0.1) is 0 Å². The number of hydrogen-bond acceptors (Lipinski definition) is 2. The van der Waals surface area contributed by atoms with Crippen molar-refractivity contribution in [2.75, 3.05) is 0 Å². The van der Waals surface area contributed by atoms with Crippen molar-refractivity contribution in [2.24, 2.45) is 0 Å². The summed E-state index contributed by atoms with van der Waals surface area (Å²) in [4.78, 5) is 10.6. The topological polar surface area (TPSA) is 30.7 Å². The SMILES string of the molecule is C=C/C=C\C=C\c1cc(-c2cc(-c3ccccc3)c(-n3c4ccc(-c5ccccc5)cc4c4cc(-c5ccccc5)ccc43)c(-c3ccc(C(C)(C)C)cc3)c2)nc(-c2ccc(-c3ccccc3)cc2)n1. The molecule has 11 aromatic rings. The number of aromatic nitrogens is 3. The first-order chi connectivity index (χ1) is 34.8. The van der Waals surface area contributed by atoms with Gasteiger partial charge in [0, 0.05) is 33.0 Å². The van der Waals surface area contributed by atoms with E-state index in [2.05, 4.69) is 250 Å². The van der Waals surface area contributed by atoms with E-state index in [1.807, 2.05) is 30.4 Å². The van der Waals surface area contributed by atoms with Crippen LogP contribution in [0.4, 0.5) is 0 Å². The van der Waals surface area contributed by atoms with Gasteiger partial charge < -0.3 is 4.57 Å². The molecule has 71 heavy (non-hydrogen) atoms. The van der Waals surface area contributed by atoms with Crippen LogP contribution < -0.4 is 0 Å². The molecule has 340 valence electrons. The average molecular weight is 912 g/mol. The zero-order valence-corrected chi connectivity index (χ0v) is 40.3. The molecule has 0 aliphatic heterocycles. The molecule has 3 heteroatoms.